The Morgan fingerprint density at radius 3 is 3.06 bits per heavy atom. The van der Waals surface area contributed by atoms with E-state index in [0.29, 0.717) is 6.54 Å². The molecule has 5 heteroatoms. The van der Waals surface area contributed by atoms with Crippen LogP contribution in [0.25, 0.3) is 0 Å². The number of halogens is 3. The van der Waals surface area contributed by atoms with Crippen molar-refractivity contribution in [2.24, 2.45) is 0 Å². The van der Waals surface area contributed by atoms with Crippen LogP contribution >= 0.6 is 15.9 Å². The molecule has 0 unspecified atom stereocenters. The van der Waals surface area contributed by atoms with Crippen molar-refractivity contribution in [3.63, 3.8) is 0 Å². The zero-order chi connectivity index (χ0) is 11.3. The number of anilines is 2. The highest BCUT2D eigenvalue weighted by atomic mass is 79.9. The lowest BCUT2D eigenvalue weighted by Crippen LogP contribution is -2.39. The Morgan fingerprint density at radius 2 is 2.25 bits per heavy atom. The molecule has 1 aromatic rings. The summed E-state index contributed by atoms with van der Waals surface area (Å²) in [5, 5.41) is 3.20. The first-order valence-electron chi connectivity index (χ1n) is 5.23. The molecule has 2 aliphatic heterocycles. The van der Waals surface area contributed by atoms with Crippen LogP contribution in [0.2, 0.25) is 0 Å². The molecule has 0 aromatic heterocycles. The number of benzene rings is 1. The summed E-state index contributed by atoms with van der Waals surface area (Å²) in [6.45, 7) is 0.438. The van der Waals surface area contributed by atoms with Gasteiger partial charge in [0.1, 0.15) is 0 Å². The number of rotatable bonds is 0. The van der Waals surface area contributed by atoms with Gasteiger partial charge in [0.25, 0.3) is 5.92 Å². The van der Waals surface area contributed by atoms with Crippen molar-refractivity contribution in [2.45, 2.75) is 18.4 Å². The van der Waals surface area contributed by atoms with Gasteiger partial charge in [0.15, 0.2) is 0 Å². The van der Waals surface area contributed by atoms with E-state index in [1.165, 1.54) is 0 Å². The average molecular weight is 289 g/mol. The molecular formula is C11H11BrF2N2. The van der Waals surface area contributed by atoms with E-state index >= 15 is 0 Å². The topological polar surface area (TPSA) is 15.3 Å². The predicted molar refractivity (Wildman–Crippen MR) is 63.3 cm³/mol. The lowest BCUT2D eigenvalue weighted by molar-refractivity contribution is 0.0229. The molecule has 0 spiro atoms. The lowest BCUT2D eigenvalue weighted by Gasteiger charge is -2.33. The highest BCUT2D eigenvalue weighted by Gasteiger charge is 2.46. The summed E-state index contributed by atoms with van der Waals surface area (Å²) in [5.41, 5.74) is 1.82. The quantitative estimate of drug-likeness (QED) is 0.789. The smallest absolute Gasteiger partial charge is 0.267 e. The highest BCUT2D eigenvalue weighted by molar-refractivity contribution is 9.10. The summed E-state index contributed by atoms with van der Waals surface area (Å²) in [4.78, 5) is 1.82. The second kappa shape index (κ2) is 3.32. The van der Waals surface area contributed by atoms with Gasteiger partial charge >= 0.3 is 0 Å². The van der Waals surface area contributed by atoms with Gasteiger partial charge in [-0.3, -0.25) is 0 Å². The third kappa shape index (κ3) is 1.57. The van der Waals surface area contributed by atoms with Crippen molar-refractivity contribution in [2.75, 3.05) is 23.3 Å². The maximum atomic E-state index is 13.4. The van der Waals surface area contributed by atoms with Crippen LogP contribution < -0.4 is 10.2 Å². The Balaban J connectivity index is 2.02. The van der Waals surface area contributed by atoms with Crippen molar-refractivity contribution in [3.8, 4) is 0 Å². The largest absolute Gasteiger partial charge is 0.381 e. The van der Waals surface area contributed by atoms with Crippen LogP contribution in [0.3, 0.4) is 0 Å². The molecule has 2 aliphatic rings. The second-order valence-corrected chi connectivity index (χ2v) is 5.30. The number of nitrogens with one attached hydrogen (secondary N) is 1. The highest BCUT2D eigenvalue weighted by Crippen LogP contribution is 2.42. The normalized spacial score (nSPS) is 25.9. The van der Waals surface area contributed by atoms with Gasteiger partial charge in [0.2, 0.25) is 0 Å². The molecule has 16 heavy (non-hydrogen) atoms. The van der Waals surface area contributed by atoms with Gasteiger partial charge in [0.05, 0.1) is 24.0 Å². The summed E-state index contributed by atoms with van der Waals surface area (Å²) in [5.74, 6) is -2.56. The van der Waals surface area contributed by atoms with Gasteiger partial charge in [-0.15, -0.1) is 0 Å². The Kier molecular flexibility index (Phi) is 2.14. The zero-order valence-corrected chi connectivity index (χ0v) is 10.1. The summed E-state index contributed by atoms with van der Waals surface area (Å²) >= 11 is 3.37. The predicted octanol–water partition coefficient (Wildman–Crippen LogP) is 3.09. The Bertz CT molecular complexity index is 436. The molecule has 2 nitrogen and oxygen atoms in total. The minimum atomic E-state index is -2.56. The van der Waals surface area contributed by atoms with E-state index in [1.807, 2.05) is 23.1 Å². The summed E-state index contributed by atoms with van der Waals surface area (Å²) < 4.78 is 27.6. The van der Waals surface area contributed by atoms with E-state index in [9.17, 15) is 8.78 Å². The molecule has 1 fully saturated rings. The molecule has 0 radical (unpaired) electrons. The third-order valence-electron chi connectivity index (χ3n) is 3.17. The summed E-state index contributed by atoms with van der Waals surface area (Å²) in [6.07, 6.45) is -0.0496. The van der Waals surface area contributed by atoms with Crippen molar-refractivity contribution >= 4 is 27.3 Å². The van der Waals surface area contributed by atoms with Gasteiger partial charge in [-0.05, 0) is 18.2 Å². The molecule has 3 rings (SSSR count). The number of fused-ring (bicyclic) bond motifs is 3. The number of hydrogen-bond donors (Lipinski definition) is 1. The van der Waals surface area contributed by atoms with Gasteiger partial charge < -0.3 is 10.2 Å². The van der Waals surface area contributed by atoms with E-state index in [1.54, 1.807) is 0 Å². The third-order valence-corrected chi connectivity index (χ3v) is 3.67. The molecule has 0 amide bonds. The number of hydrogen-bond acceptors (Lipinski definition) is 2. The zero-order valence-electron chi connectivity index (χ0n) is 8.51. The number of alkyl halides is 2. The SMILES string of the molecule is FC1(F)C[C@@H]2CNc3ccc(Br)cc3N2C1. The first kappa shape index (κ1) is 10.3. The average Bonchev–Trinajstić information content (AvgIpc) is 2.52. The van der Waals surface area contributed by atoms with Crippen LogP contribution in [0, 0.1) is 0 Å². The monoisotopic (exact) mass is 288 g/mol. The van der Waals surface area contributed by atoms with Crippen molar-refractivity contribution in [1.82, 2.24) is 0 Å². The maximum absolute atomic E-state index is 13.4. The minimum Gasteiger partial charge on any atom is -0.381 e. The molecule has 0 bridgehead atoms. The van der Waals surface area contributed by atoms with Crippen molar-refractivity contribution < 1.29 is 8.78 Å². The van der Waals surface area contributed by atoms with E-state index in [-0.39, 0.29) is 19.0 Å². The summed E-state index contributed by atoms with van der Waals surface area (Å²) in [6, 6.07) is 5.65. The molecule has 2 heterocycles. The fourth-order valence-corrected chi connectivity index (χ4v) is 2.83. The molecule has 0 aliphatic carbocycles. The standard InChI is InChI=1S/C11H11BrF2N2/c12-7-1-2-9-10(3-7)16-6-11(13,14)4-8(16)5-15-9/h1-3,8,15H,4-6H2/t8-/m1/s1. The van der Waals surface area contributed by atoms with Gasteiger partial charge in [-0.1, -0.05) is 15.9 Å². The first-order valence-corrected chi connectivity index (χ1v) is 6.02. The summed E-state index contributed by atoms with van der Waals surface area (Å²) in [7, 11) is 0. The molecule has 1 saturated heterocycles. The van der Waals surface area contributed by atoms with Crippen molar-refractivity contribution in [1.29, 1.82) is 0 Å². The minimum absolute atomic E-state index is 0.0496. The van der Waals surface area contributed by atoms with Crippen LogP contribution in [-0.4, -0.2) is 25.1 Å². The van der Waals surface area contributed by atoms with E-state index in [2.05, 4.69) is 21.2 Å². The first-order chi connectivity index (χ1) is 7.55. The second-order valence-electron chi connectivity index (χ2n) is 4.38. The fraction of sp³-hybridized carbons (Fsp3) is 0.455. The fourth-order valence-electron chi connectivity index (χ4n) is 2.48. The Hall–Kier alpha value is -0.840. The van der Waals surface area contributed by atoms with E-state index in [0.717, 1.165) is 15.8 Å². The van der Waals surface area contributed by atoms with Crippen molar-refractivity contribution in [3.05, 3.63) is 22.7 Å². The molecule has 0 saturated carbocycles. The molecule has 1 aromatic carbocycles. The molecule has 1 atom stereocenters. The molecular weight excluding hydrogens is 278 g/mol. The van der Waals surface area contributed by atoms with Gasteiger partial charge in [-0.2, -0.15) is 0 Å². The Morgan fingerprint density at radius 1 is 1.44 bits per heavy atom. The van der Waals surface area contributed by atoms with Crippen LogP contribution in [0.4, 0.5) is 20.2 Å². The molecule has 86 valence electrons. The number of nitrogens with zero attached hydrogens (tertiary/aromatic N) is 1. The van der Waals surface area contributed by atoms with Gasteiger partial charge in [0, 0.05) is 17.4 Å². The van der Waals surface area contributed by atoms with Crippen LogP contribution in [0.15, 0.2) is 22.7 Å². The van der Waals surface area contributed by atoms with Crippen LogP contribution in [-0.2, 0) is 0 Å². The van der Waals surface area contributed by atoms with E-state index < -0.39 is 5.92 Å². The lowest BCUT2D eigenvalue weighted by atomic mass is 10.1. The maximum Gasteiger partial charge on any atom is 0.267 e. The van der Waals surface area contributed by atoms with Crippen LogP contribution in [0.1, 0.15) is 6.42 Å². The Labute approximate surface area is 101 Å². The van der Waals surface area contributed by atoms with Crippen LogP contribution in [0.5, 0.6) is 0 Å². The van der Waals surface area contributed by atoms with Gasteiger partial charge in [-0.25, -0.2) is 8.78 Å². The van der Waals surface area contributed by atoms with E-state index in [4.69, 9.17) is 0 Å². The molecule has 1 N–H and O–H groups in total.